The molecular weight excluding hydrogens is 202 g/mol. The van der Waals surface area contributed by atoms with Gasteiger partial charge in [0.25, 0.3) is 0 Å². The maximum absolute atomic E-state index is 8.81. The van der Waals surface area contributed by atoms with E-state index in [9.17, 15) is 0 Å². The van der Waals surface area contributed by atoms with Crippen LogP contribution in [0.25, 0.3) is 0 Å². The van der Waals surface area contributed by atoms with Crippen LogP contribution in [-0.4, -0.2) is 30.3 Å². The molecule has 0 bridgehead atoms. The summed E-state index contributed by atoms with van der Waals surface area (Å²) in [6, 6.07) is 5.82. The van der Waals surface area contributed by atoms with E-state index in [-0.39, 0.29) is 12.2 Å². The molecule has 0 amide bonds. The number of hydrogen-bond donors (Lipinski definition) is 0. The fourth-order valence-electron chi connectivity index (χ4n) is 2.07. The third-order valence-electron chi connectivity index (χ3n) is 2.64. The van der Waals surface area contributed by atoms with Gasteiger partial charge in [0.05, 0.1) is 12.2 Å². The van der Waals surface area contributed by atoms with E-state index >= 15 is 0 Å². The first kappa shape index (κ1) is 10.9. The number of nitriles is 1. The van der Waals surface area contributed by atoms with Crippen molar-refractivity contribution in [3.05, 3.63) is 24.0 Å². The molecule has 2 heterocycles. The lowest BCUT2D eigenvalue weighted by atomic mass is 10.2. The average Bonchev–Trinajstić information content (AvgIpc) is 2.28. The number of pyridine rings is 1. The van der Waals surface area contributed by atoms with E-state index in [4.69, 9.17) is 10.00 Å². The Kier molecular flexibility index (Phi) is 3.07. The third kappa shape index (κ3) is 2.31. The number of ether oxygens (including phenoxy) is 1. The van der Waals surface area contributed by atoms with E-state index in [1.807, 2.05) is 12.1 Å². The van der Waals surface area contributed by atoms with Crippen LogP contribution in [0.2, 0.25) is 0 Å². The zero-order valence-electron chi connectivity index (χ0n) is 9.55. The first-order chi connectivity index (χ1) is 7.69. The topological polar surface area (TPSA) is 49.2 Å². The Bertz CT molecular complexity index is 403. The Labute approximate surface area is 95.5 Å². The summed E-state index contributed by atoms with van der Waals surface area (Å²) in [7, 11) is 0. The van der Waals surface area contributed by atoms with Gasteiger partial charge in [-0.3, -0.25) is 0 Å². The lowest BCUT2D eigenvalue weighted by molar-refractivity contribution is -0.00522. The Balaban J connectivity index is 2.20. The van der Waals surface area contributed by atoms with E-state index in [1.165, 1.54) is 0 Å². The minimum absolute atomic E-state index is 0.224. The predicted molar refractivity (Wildman–Crippen MR) is 61.2 cm³/mol. The van der Waals surface area contributed by atoms with Crippen molar-refractivity contribution < 1.29 is 4.74 Å². The van der Waals surface area contributed by atoms with Gasteiger partial charge in [0, 0.05) is 25.0 Å². The minimum Gasteiger partial charge on any atom is -0.372 e. The van der Waals surface area contributed by atoms with Crippen LogP contribution in [0.15, 0.2) is 18.3 Å². The van der Waals surface area contributed by atoms with E-state index in [0.717, 1.165) is 18.8 Å². The molecule has 16 heavy (non-hydrogen) atoms. The standard InChI is InChI=1S/C12H15N3O/c1-9-7-15(8-10(2)16-9)12-3-4-14-11(5-12)6-13/h3-5,9-10H,7-8H2,1-2H3. The van der Waals surface area contributed by atoms with Crippen molar-refractivity contribution in [3.63, 3.8) is 0 Å². The van der Waals surface area contributed by atoms with Gasteiger partial charge in [0.2, 0.25) is 0 Å². The van der Waals surface area contributed by atoms with Crippen molar-refractivity contribution >= 4 is 5.69 Å². The molecule has 0 saturated carbocycles. The van der Waals surface area contributed by atoms with Gasteiger partial charge in [-0.15, -0.1) is 0 Å². The van der Waals surface area contributed by atoms with E-state index in [1.54, 1.807) is 6.20 Å². The summed E-state index contributed by atoms with van der Waals surface area (Å²) >= 11 is 0. The van der Waals surface area contributed by atoms with Gasteiger partial charge in [-0.25, -0.2) is 4.98 Å². The Morgan fingerprint density at radius 3 is 2.75 bits per heavy atom. The Hall–Kier alpha value is -1.60. The number of nitrogens with zero attached hydrogens (tertiary/aromatic N) is 3. The van der Waals surface area contributed by atoms with Gasteiger partial charge in [0.15, 0.2) is 0 Å². The van der Waals surface area contributed by atoms with Crippen molar-refractivity contribution in [1.29, 1.82) is 5.26 Å². The average molecular weight is 217 g/mol. The zero-order chi connectivity index (χ0) is 11.5. The molecule has 0 N–H and O–H groups in total. The Morgan fingerprint density at radius 2 is 2.12 bits per heavy atom. The van der Waals surface area contributed by atoms with Crippen LogP contribution in [0, 0.1) is 11.3 Å². The molecule has 1 saturated heterocycles. The summed E-state index contributed by atoms with van der Waals surface area (Å²) in [5.41, 5.74) is 1.51. The molecule has 1 aliphatic heterocycles. The monoisotopic (exact) mass is 217 g/mol. The smallest absolute Gasteiger partial charge is 0.142 e. The molecule has 0 spiro atoms. The molecule has 0 radical (unpaired) electrons. The summed E-state index contributed by atoms with van der Waals surface area (Å²) in [4.78, 5) is 6.21. The molecule has 2 atom stereocenters. The quantitative estimate of drug-likeness (QED) is 0.716. The summed E-state index contributed by atoms with van der Waals surface area (Å²) < 4.78 is 5.67. The zero-order valence-corrected chi connectivity index (χ0v) is 9.55. The highest BCUT2D eigenvalue weighted by atomic mass is 16.5. The molecule has 1 aliphatic rings. The third-order valence-corrected chi connectivity index (χ3v) is 2.64. The van der Waals surface area contributed by atoms with Crippen molar-refractivity contribution in [2.45, 2.75) is 26.1 Å². The van der Waals surface area contributed by atoms with Gasteiger partial charge >= 0.3 is 0 Å². The normalized spacial score (nSPS) is 25.2. The van der Waals surface area contributed by atoms with Crippen LogP contribution in [0.3, 0.4) is 0 Å². The molecule has 4 heteroatoms. The van der Waals surface area contributed by atoms with E-state index < -0.39 is 0 Å². The van der Waals surface area contributed by atoms with Crippen LogP contribution in [0.4, 0.5) is 5.69 Å². The second-order valence-electron chi connectivity index (χ2n) is 4.17. The molecule has 4 nitrogen and oxygen atoms in total. The highest BCUT2D eigenvalue weighted by Crippen LogP contribution is 2.20. The molecular formula is C12H15N3O. The molecule has 84 valence electrons. The SMILES string of the molecule is CC1CN(c2ccnc(C#N)c2)CC(C)O1. The molecule has 1 aromatic rings. The fourth-order valence-corrected chi connectivity index (χ4v) is 2.07. The Morgan fingerprint density at radius 1 is 1.44 bits per heavy atom. The number of hydrogen-bond acceptors (Lipinski definition) is 4. The maximum Gasteiger partial charge on any atom is 0.142 e. The van der Waals surface area contributed by atoms with Crippen LogP contribution >= 0.6 is 0 Å². The van der Waals surface area contributed by atoms with Gasteiger partial charge in [0.1, 0.15) is 11.8 Å². The second-order valence-corrected chi connectivity index (χ2v) is 4.17. The number of morpholine rings is 1. The van der Waals surface area contributed by atoms with Crippen LogP contribution in [-0.2, 0) is 4.74 Å². The largest absolute Gasteiger partial charge is 0.372 e. The van der Waals surface area contributed by atoms with Gasteiger partial charge < -0.3 is 9.64 Å². The van der Waals surface area contributed by atoms with E-state index in [0.29, 0.717) is 5.69 Å². The molecule has 2 unspecified atom stereocenters. The molecule has 0 aliphatic carbocycles. The first-order valence-corrected chi connectivity index (χ1v) is 5.45. The van der Waals surface area contributed by atoms with Crippen LogP contribution in [0.5, 0.6) is 0 Å². The summed E-state index contributed by atoms with van der Waals surface area (Å²) in [5.74, 6) is 0. The first-order valence-electron chi connectivity index (χ1n) is 5.45. The molecule has 0 aromatic carbocycles. The summed E-state index contributed by atoms with van der Waals surface area (Å²) in [5, 5.41) is 8.81. The fraction of sp³-hybridized carbons (Fsp3) is 0.500. The van der Waals surface area contributed by atoms with Crippen LogP contribution in [0.1, 0.15) is 19.5 Å². The van der Waals surface area contributed by atoms with Crippen molar-refractivity contribution in [1.82, 2.24) is 4.98 Å². The number of aromatic nitrogens is 1. The van der Waals surface area contributed by atoms with Crippen molar-refractivity contribution in [2.75, 3.05) is 18.0 Å². The number of rotatable bonds is 1. The van der Waals surface area contributed by atoms with E-state index in [2.05, 4.69) is 29.8 Å². The lowest BCUT2D eigenvalue weighted by Crippen LogP contribution is -2.45. The molecule has 2 rings (SSSR count). The van der Waals surface area contributed by atoms with Crippen molar-refractivity contribution in [2.24, 2.45) is 0 Å². The highest BCUT2D eigenvalue weighted by Gasteiger charge is 2.22. The summed E-state index contributed by atoms with van der Waals surface area (Å²) in [6.45, 7) is 5.85. The van der Waals surface area contributed by atoms with Gasteiger partial charge in [-0.1, -0.05) is 0 Å². The second kappa shape index (κ2) is 4.50. The minimum atomic E-state index is 0.224. The molecule has 1 aromatic heterocycles. The number of anilines is 1. The van der Waals surface area contributed by atoms with Gasteiger partial charge in [-0.2, -0.15) is 5.26 Å². The lowest BCUT2D eigenvalue weighted by Gasteiger charge is -2.36. The summed E-state index contributed by atoms with van der Waals surface area (Å²) in [6.07, 6.45) is 2.13. The maximum atomic E-state index is 8.81. The van der Waals surface area contributed by atoms with Crippen LogP contribution < -0.4 is 4.90 Å². The predicted octanol–water partition coefficient (Wildman–Crippen LogP) is 1.57. The van der Waals surface area contributed by atoms with Gasteiger partial charge in [-0.05, 0) is 26.0 Å². The molecule has 1 fully saturated rings. The highest BCUT2D eigenvalue weighted by molar-refractivity contribution is 5.49. The van der Waals surface area contributed by atoms with Crippen molar-refractivity contribution in [3.8, 4) is 6.07 Å².